The second-order valence-corrected chi connectivity index (χ2v) is 3.53. The summed E-state index contributed by atoms with van der Waals surface area (Å²) >= 11 is 0. The molecule has 0 heterocycles. The number of rotatable bonds is 6. The lowest BCUT2D eigenvalue weighted by Gasteiger charge is -2.20. The van der Waals surface area contributed by atoms with E-state index in [1.165, 1.54) is 21.1 Å². The maximum absolute atomic E-state index is 11.5. The Balaban J connectivity index is 5.01. The highest BCUT2D eigenvalue weighted by atomic mass is 16.5. The van der Waals surface area contributed by atoms with E-state index in [4.69, 9.17) is 0 Å². The molecular weight excluding hydrogens is 212 g/mol. The lowest BCUT2D eigenvalue weighted by Crippen LogP contribution is -2.36. The molecule has 0 aromatic carbocycles. The first-order valence-electron chi connectivity index (χ1n) is 5.15. The number of carbonyl (C=O) groups is 3. The summed E-state index contributed by atoms with van der Waals surface area (Å²) < 4.78 is 9.12. The molecule has 2 unspecified atom stereocenters. The summed E-state index contributed by atoms with van der Waals surface area (Å²) in [5, 5.41) is 0. The summed E-state index contributed by atoms with van der Waals surface area (Å²) in [6.45, 7) is 3.14. The fraction of sp³-hybridized carbons (Fsp3) is 0.727. The van der Waals surface area contributed by atoms with Gasteiger partial charge in [0.15, 0.2) is 0 Å². The molecule has 0 radical (unpaired) electrons. The molecule has 0 spiro atoms. The number of ether oxygens (including phenoxy) is 2. The van der Waals surface area contributed by atoms with Crippen LogP contribution in [0.3, 0.4) is 0 Å². The van der Waals surface area contributed by atoms with Gasteiger partial charge >= 0.3 is 11.9 Å². The predicted octanol–water partition coefficient (Wildman–Crippen LogP) is 0.954. The molecule has 0 N–H and O–H groups in total. The first-order valence-corrected chi connectivity index (χ1v) is 5.15. The van der Waals surface area contributed by atoms with Crippen molar-refractivity contribution in [2.45, 2.75) is 26.7 Å². The van der Waals surface area contributed by atoms with E-state index >= 15 is 0 Å². The zero-order valence-corrected chi connectivity index (χ0v) is 10.1. The average molecular weight is 230 g/mol. The van der Waals surface area contributed by atoms with Crippen molar-refractivity contribution >= 4 is 17.7 Å². The third-order valence-electron chi connectivity index (χ3n) is 2.40. The van der Waals surface area contributed by atoms with E-state index in [1.807, 2.05) is 6.92 Å². The standard InChI is InChI=1S/C11H18O5/c1-5-6-8(10(13)15-3)9(7(2)12)11(14)16-4/h8-9H,5-6H2,1-4H3. The number of Topliss-reactive ketones (excluding diaryl/α,β-unsaturated/α-hetero) is 1. The maximum atomic E-state index is 11.5. The van der Waals surface area contributed by atoms with Crippen molar-refractivity contribution in [3.05, 3.63) is 0 Å². The van der Waals surface area contributed by atoms with E-state index in [-0.39, 0.29) is 5.78 Å². The molecule has 0 saturated heterocycles. The SMILES string of the molecule is CCCC(C(=O)OC)C(C(C)=O)C(=O)OC. The van der Waals surface area contributed by atoms with Gasteiger partial charge in [-0.1, -0.05) is 13.3 Å². The molecule has 0 aromatic heterocycles. The van der Waals surface area contributed by atoms with E-state index < -0.39 is 23.8 Å². The Morgan fingerprint density at radius 3 is 1.88 bits per heavy atom. The van der Waals surface area contributed by atoms with E-state index in [0.29, 0.717) is 12.8 Å². The number of methoxy groups -OCH3 is 2. The Hall–Kier alpha value is -1.39. The van der Waals surface area contributed by atoms with Crippen LogP contribution in [0.5, 0.6) is 0 Å². The van der Waals surface area contributed by atoms with Crippen molar-refractivity contribution in [1.82, 2.24) is 0 Å². The van der Waals surface area contributed by atoms with Crippen LogP contribution in [-0.4, -0.2) is 31.9 Å². The summed E-state index contributed by atoms with van der Waals surface area (Å²) in [6, 6.07) is 0. The third kappa shape index (κ3) is 3.64. The van der Waals surface area contributed by atoms with Crippen molar-refractivity contribution in [1.29, 1.82) is 0 Å². The fourth-order valence-electron chi connectivity index (χ4n) is 1.62. The topological polar surface area (TPSA) is 69.7 Å². The molecule has 0 aliphatic heterocycles. The molecule has 0 rings (SSSR count). The molecule has 5 nitrogen and oxygen atoms in total. The molecule has 5 heteroatoms. The van der Waals surface area contributed by atoms with Crippen LogP contribution in [0.2, 0.25) is 0 Å². The van der Waals surface area contributed by atoms with Gasteiger partial charge in [-0.15, -0.1) is 0 Å². The molecule has 2 atom stereocenters. The zero-order valence-electron chi connectivity index (χ0n) is 10.1. The number of hydrogen-bond acceptors (Lipinski definition) is 5. The van der Waals surface area contributed by atoms with Gasteiger partial charge in [-0.2, -0.15) is 0 Å². The van der Waals surface area contributed by atoms with Crippen molar-refractivity contribution in [2.24, 2.45) is 11.8 Å². The Kier molecular flexibility index (Phi) is 6.37. The first-order chi connectivity index (χ1) is 7.49. The van der Waals surface area contributed by atoms with E-state index in [9.17, 15) is 14.4 Å². The van der Waals surface area contributed by atoms with Gasteiger partial charge < -0.3 is 9.47 Å². The lowest BCUT2D eigenvalue weighted by atomic mass is 9.86. The molecule has 0 aliphatic rings. The Morgan fingerprint density at radius 1 is 1.06 bits per heavy atom. The van der Waals surface area contributed by atoms with Gasteiger partial charge in [0, 0.05) is 0 Å². The van der Waals surface area contributed by atoms with Gasteiger partial charge in [0.2, 0.25) is 0 Å². The van der Waals surface area contributed by atoms with Gasteiger partial charge in [0.25, 0.3) is 0 Å². The third-order valence-corrected chi connectivity index (χ3v) is 2.40. The molecule has 0 bridgehead atoms. The van der Waals surface area contributed by atoms with E-state index in [0.717, 1.165) is 0 Å². The van der Waals surface area contributed by atoms with Crippen molar-refractivity contribution in [3.63, 3.8) is 0 Å². The second-order valence-electron chi connectivity index (χ2n) is 3.53. The minimum absolute atomic E-state index is 0.379. The zero-order chi connectivity index (χ0) is 12.7. The highest BCUT2D eigenvalue weighted by Gasteiger charge is 2.38. The van der Waals surface area contributed by atoms with Crippen LogP contribution in [-0.2, 0) is 23.9 Å². The largest absolute Gasteiger partial charge is 0.469 e. The van der Waals surface area contributed by atoms with Crippen LogP contribution >= 0.6 is 0 Å². The second kappa shape index (κ2) is 6.98. The average Bonchev–Trinajstić information content (AvgIpc) is 2.26. The van der Waals surface area contributed by atoms with E-state index in [2.05, 4.69) is 9.47 Å². The summed E-state index contributed by atoms with van der Waals surface area (Å²) in [6.07, 6.45) is 1.10. The van der Waals surface area contributed by atoms with Crippen molar-refractivity contribution in [3.8, 4) is 0 Å². The number of carbonyl (C=O) groups excluding carboxylic acids is 3. The maximum Gasteiger partial charge on any atom is 0.317 e. The van der Waals surface area contributed by atoms with Gasteiger partial charge in [-0.05, 0) is 13.3 Å². The quantitative estimate of drug-likeness (QED) is 0.502. The molecule has 0 aliphatic carbocycles. The minimum Gasteiger partial charge on any atom is -0.469 e. The van der Waals surface area contributed by atoms with Crippen LogP contribution in [0.1, 0.15) is 26.7 Å². The monoisotopic (exact) mass is 230 g/mol. The fourth-order valence-corrected chi connectivity index (χ4v) is 1.62. The normalized spacial score (nSPS) is 13.8. The summed E-state index contributed by atoms with van der Waals surface area (Å²) in [4.78, 5) is 34.3. The van der Waals surface area contributed by atoms with Gasteiger partial charge in [-0.25, -0.2) is 0 Å². The van der Waals surface area contributed by atoms with Gasteiger partial charge in [0.05, 0.1) is 20.1 Å². The van der Waals surface area contributed by atoms with Crippen molar-refractivity contribution in [2.75, 3.05) is 14.2 Å². The lowest BCUT2D eigenvalue weighted by molar-refractivity contribution is -0.160. The highest BCUT2D eigenvalue weighted by molar-refractivity contribution is 6.01. The Morgan fingerprint density at radius 2 is 1.56 bits per heavy atom. The predicted molar refractivity (Wildman–Crippen MR) is 56.6 cm³/mol. The molecular formula is C11H18O5. The van der Waals surface area contributed by atoms with Crippen molar-refractivity contribution < 1.29 is 23.9 Å². The van der Waals surface area contributed by atoms with Crippen LogP contribution in [0.15, 0.2) is 0 Å². The molecule has 92 valence electrons. The molecule has 16 heavy (non-hydrogen) atoms. The van der Waals surface area contributed by atoms with Crippen LogP contribution < -0.4 is 0 Å². The molecule has 0 saturated carbocycles. The van der Waals surface area contributed by atoms with Gasteiger partial charge in [-0.3, -0.25) is 14.4 Å². The summed E-state index contributed by atoms with van der Waals surface area (Å²) in [7, 11) is 2.43. The molecule has 0 fully saturated rings. The summed E-state index contributed by atoms with van der Waals surface area (Å²) in [5.74, 6) is -3.42. The summed E-state index contributed by atoms with van der Waals surface area (Å²) in [5.41, 5.74) is 0. The Labute approximate surface area is 95.1 Å². The number of esters is 2. The molecule has 0 aromatic rings. The number of ketones is 1. The smallest absolute Gasteiger partial charge is 0.317 e. The number of hydrogen-bond donors (Lipinski definition) is 0. The van der Waals surface area contributed by atoms with Gasteiger partial charge in [0.1, 0.15) is 11.7 Å². The van der Waals surface area contributed by atoms with Crippen LogP contribution in [0.25, 0.3) is 0 Å². The van der Waals surface area contributed by atoms with E-state index in [1.54, 1.807) is 0 Å². The molecule has 0 amide bonds. The minimum atomic E-state index is -1.06. The first kappa shape index (κ1) is 14.6. The highest BCUT2D eigenvalue weighted by Crippen LogP contribution is 2.22. The Bertz CT molecular complexity index is 272. The van der Waals surface area contributed by atoms with Crippen LogP contribution in [0, 0.1) is 11.8 Å². The van der Waals surface area contributed by atoms with Crippen LogP contribution in [0.4, 0.5) is 0 Å².